The fourth-order valence-electron chi connectivity index (χ4n) is 1.77. The quantitative estimate of drug-likeness (QED) is 0.785. The van der Waals surface area contributed by atoms with E-state index in [1.807, 2.05) is 17.1 Å². The van der Waals surface area contributed by atoms with Gasteiger partial charge >= 0.3 is 0 Å². The van der Waals surface area contributed by atoms with Crippen LogP contribution in [0.5, 0.6) is 0 Å². The lowest BCUT2D eigenvalue weighted by Gasteiger charge is -2.10. The molecule has 0 aromatic carbocycles. The smallest absolute Gasteiger partial charge is 0.147 e. The highest BCUT2D eigenvalue weighted by Crippen LogP contribution is 2.08. The highest BCUT2D eigenvalue weighted by Gasteiger charge is 2.09. The second-order valence-corrected chi connectivity index (χ2v) is 4.04. The Kier molecular flexibility index (Phi) is 3.03. The molecule has 5 nitrogen and oxygen atoms in total. The first-order valence-electron chi connectivity index (χ1n) is 5.60. The first kappa shape index (κ1) is 10.9. The molecule has 0 saturated heterocycles. The summed E-state index contributed by atoms with van der Waals surface area (Å²) in [6, 6.07) is 0.339. The fraction of sp³-hybridized carbons (Fsp3) is 0.545. The first-order chi connectivity index (χ1) is 7.72. The first-order valence-corrected chi connectivity index (χ1v) is 5.60. The summed E-state index contributed by atoms with van der Waals surface area (Å²) in [5, 5.41) is 4.22. The maximum Gasteiger partial charge on any atom is 0.147 e. The molecule has 2 aromatic heterocycles. The van der Waals surface area contributed by atoms with Crippen LogP contribution < -0.4 is 0 Å². The number of imidazole rings is 1. The maximum absolute atomic E-state index is 4.30. The Morgan fingerprint density at radius 3 is 2.75 bits per heavy atom. The van der Waals surface area contributed by atoms with Crippen molar-refractivity contribution in [2.45, 2.75) is 39.8 Å². The van der Waals surface area contributed by atoms with Crippen LogP contribution in [-0.4, -0.2) is 24.3 Å². The van der Waals surface area contributed by atoms with E-state index in [-0.39, 0.29) is 0 Å². The average Bonchev–Trinajstić information content (AvgIpc) is 2.86. The van der Waals surface area contributed by atoms with Gasteiger partial charge in [0.2, 0.25) is 0 Å². The highest BCUT2D eigenvalue weighted by molar-refractivity contribution is 4.97. The van der Waals surface area contributed by atoms with E-state index in [2.05, 4.69) is 40.4 Å². The summed E-state index contributed by atoms with van der Waals surface area (Å²) in [6.07, 6.45) is 6.35. The molecule has 0 spiro atoms. The van der Waals surface area contributed by atoms with Gasteiger partial charge in [-0.25, -0.2) is 14.6 Å². The van der Waals surface area contributed by atoms with Crippen molar-refractivity contribution in [1.82, 2.24) is 24.3 Å². The molecule has 0 aliphatic heterocycles. The third-order valence-corrected chi connectivity index (χ3v) is 2.57. The van der Waals surface area contributed by atoms with Gasteiger partial charge < -0.3 is 4.57 Å². The number of rotatable bonds is 4. The molecule has 2 rings (SSSR count). The highest BCUT2D eigenvalue weighted by atomic mass is 15.4. The lowest BCUT2D eigenvalue weighted by molar-refractivity contribution is 0.493. The third-order valence-electron chi connectivity index (χ3n) is 2.57. The second kappa shape index (κ2) is 4.47. The van der Waals surface area contributed by atoms with Crippen molar-refractivity contribution >= 4 is 0 Å². The van der Waals surface area contributed by atoms with Gasteiger partial charge in [0.05, 0.1) is 6.54 Å². The topological polar surface area (TPSA) is 48.5 Å². The Morgan fingerprint density at radius 2 is 2.06 bits per heavy atom. The Hall–Kier alpha value is -1.65. The molecular formula is C11H17N5. The normalized spacial score (nSPS) is 11.2. The second-order valence-electron chi connectivity index (χ2n) is 4.04. The van der Waals surface area contributed by atoms with Gasteiger partial charge in [0.25, 0.3) is 0 Å². The van der Waals surface area contributed by atoms with Crippen LogP contribution in [0.2, 0.25) is 0 Å². The van der Waals surface area contributed by atoms with Crippen LogP contribution in [0.3, 0.4) is 0 Å². The molecule has 0 fully saturated rings. The third kappa shape index (κ3) is 1.98. The van der Waals surface area contributed by atoms with Crippen LogP contribution in [0.25, 0.3) is 0 Å². The maximum atomic E-state index is 4.30. The molecule has 0 aliphatic rings. The fourth-order valence-corrected chi connectivity index (χ4v) is 1.77. The lowest BCUT2D eigenvalue weighted by atomic mass is 10.4. The largest absolute Gasteiger partial charge is 0.327 e. The number of aromatic nitrogens is 5. The zero-order valence-electron chi connectivity index (χ0n) is 9.96. The van der Waals surface area contributed by atoms with E-state index in [4.69, 9.17) is 0 Å². The van der Waals surface area contributed by atoms with Crippen molar-refractivity contribution in [3.8, 4) is 0 Å². The molecule has 0 saturated carbocycles. The zero-order valence-corrected chi connectivity index (χ0v) is 9.96. The Bertz CT molecular complexity index is 454. The van der Waals surface area contributed by atoms with Crippen LogP contribution in [0.15, 0.2) is 18.7 Å². The van der Waals surface area contributed by atoms with Crippen LogP contribution in [-0.2, 0) is 13.0 Å². The summed E-state index contributed by atoms with van der Waals surface area (Å²) >= 11 is 0. The Labute approximate surface area is 95.1 Å². The van der Waals surface area contributed by atoms with Gasteiger partial charge in [0.1, 0.15) is 18.0 Å². The Balaban J connectivity index is 2.23. The van der Waals surface area contributed by atoms with E-state index in [1.54, 1.807) is 6.33 Å². The molecule has 0 amide bonds. The van der Waals surface area contributed by atoms with Gasteiger partial charge in [-0.2, -0.15) is 5.10 Å². The van der Waals surface area contributed by atoms with E-state index in [9.17, 15) is 0 Å². The molecule has 0 bridgehead atoms. The van der Waals surface area contributed by atoms with Gasteiger partial charge in [-0.1, -0.05) is 6.92 Å². The minimum atomic E-state index is 0.339. The van der Waals surface area contributed by atoms with Crippen molar-refractivity contribution in [2.24, 2.45) is 0 Å². The number of hydrogen-bond donors (Lipinski definition) is 0. The lowest BCUT2D eigenvalue weighted by Crippen LogP contribution is -2.13. The molecular weight excluding hydrogens is 202 g/mol. The molecule has 86 valence electrons. The summed E-state index contributed by atoms with van der Waals surface area (Å²) in [7, 11) is 0. The number of aryl methyl sites for hydroxylation is 1. The summed E-state index contributed by atoms with van der Waals surface area (Å²) in [6.45, 7) is 7.05. The predicted molar refractivity (Wildman–Crippen MR) is 61.1 cm³/mol. The molecule has 16 heavy (non-hydrogen) atoms. The van der Waals surface area contributed by atoms with Gasteiger partial charge in [0.15, 0.2) is 0 Å². The monoisotopic (exact) mass is 219 g/mol. The van der Waals surface area contributed by atoms with Gasteiger partial charge in [-0.05, 0) is 13.8 Å². The molecule has 0 N–H and O–H groups in total. The average molecular weight is 219 g/mol. The minimum Gasteiger partial charge on any atom is -0.327 e. The SMILES string of the molecule is CCc1nccn1Cc1ncnn1C(C)C. The van der Waals surface area contributed by atoms with Crippen LogP contribution in [0.1, 0.15) is 38.5 Å². The summed E-state index contributed by atoms with van der Waals surface area (Å²) in [4.78, 5) is 8.59. The van der Waals surface area contributed by atoms with E-state index in [0.717, 1.165) is 24.6 Å². The minimum absolute atomic E-state index is 0.339. The molecule has 0 atom stereocenters. The molecule has 2 heterocycles. The van der Waals surface area contributed by atoms with E-state index < -0.39 is 0 Å². The van der Waals surface area contributed by atoms with Gasteiger partial charge in [-0.3, -0.25) is 0 Å². The van der Waals surface area contributed by atoms with Crippen LogP contribution in [0, 0.1) is 0 Å². The zero-order chi connectivity index (χ0) is 11.5. The molecule has 0 aliphatic carbocycles. The van der Waals surface area contributed by atoms with Gasteiger partial charge in [-0.15, -0.1) is 0 Å². The summed E-state index contributed by atoms with van der Waals surface area (Å²) in [5.74, 6) is 2.06. The van der Waals surface area contributed by atoms with Crippen molar-refractivity contribution in [2.75, 3.05) is 0 Å². The van der Waals surface area contributed by atoms with Crippen molar-refractivity contribution in [3.63, 3.8) is 0 Å². The molecule has 0 radical (unpaired) electrons. The summed E-state index contributed by atoms with van der Waals surface area (Å²) in [5.41, 5.74) is 0. The van der Waals surface area contributed by atoms with E-state index in [0.29, 0.717) is 6.04 Å². The molecule has 0 unspecified atom stereocenters. The van der Waals surface area contributed by atoms with Gasteiger partial charge in [0, 0.05) is 24.9 Å². The summed E-state index contributed by atoms with van der Waals surface area (Å²) < 4.78 is 4.06. The van der Waals surface area contributed by atoms with Crippen molar-refractivity contribution in [1.29, 1.82) is 0 Å². The predicted octanol–water partition coefficient (Wildman–Crippen LogP) is 1.67. The van der Waals surface area contributed by atoms with Crippen LogP contribution in [0.4, 0.5) is 0 Å². The molecule has 2 aromatic rings. The van der Waals surface area contributed by atoms with Crippen molar-refractivity contribution in [3.05, 3.63) is 30.4 Å². The Morgan fingerprint density at radius 1 is 1.25 bits per heavy atom. The van der Waals surface area contributed by atoms with E-state index in [1.165, 1.54) is 0 Å². The van der Waals surface area contributed by atoms with Crippen LogP contribution >= 0.6 is 0 Å². The van der Waals surface area contributed by atoms with E-state index >= 15 is 0 Å². The van der Waals surface area contributed by atoms with Crippen molar-refractivity contribution < 1.29 is 0 Å². The number of hydrogen-bond acceptors (Lipinski definition) is 3. The standard InChI is InChI=1S/C11H17N5/c1-4-10-12-5-6-15(10)7-11-13-8-14-16(11)9(2)3/h5-6,8-9H,4,7H2,1-3H3. The molecule has 5 heteroatoms. The number of nitrogens with zero attached hydrogens (tertiary/aromatic N) is 5.